The van der Waals surface area contributed by atoms with Gasteiger partial charge < -0.3 is 25.8 Å². The molecule has 43 heavy (non-hydrogen) atoms. The first-order valence-electron chi connectivity index (χ1n) is 14.5. The minimum atomic E-state index is -0.732. The smallest absolute Gasteiger partial charge is 0.247 e. The SMILES string of the molecule is CCOc1cc(C(Nc2ccc3c(N)nccc3c2)C(=O)NCc2ccccc2-n2nc(C)cc2C)ccc1OC(C)C. The summed E-state index contributed by atoms with van der Waals surface area (Å²) in [5.41, 5.74) is 11.4. The monoisotopic (exact) mass is 578 g/mol. The maximum Gasteiger partial charge on any atom is 0.247 e. The van der Waals surface area contributed by atoms with E-state index in [0.29, 0.717) is 30.5 Å². The molecule has 1 amide bonds. The van der Waals surface area contributed by atoms with Gasteiger partial charge in [-0.05, 0) is 99.7 Å². The fraction of sp³-hybridized carbons (Fsp3) is 0.265. The first-order chi connectivity index (χ1) is 20.7. The number of carbonyl (C=O) groups excluding carboxylic acids is 1. The highest BCUT2D eigenvalue weighted by Crippen LogP contribution is 2.33. The van der Waals surface area contributed by atoms with E-state index in [2.05, 4.69) is 20.7 Å². The molecule has 0 radical (unpaired) electrons. The number of nitrogens with two attached hydrogens (primary N) is 1. The maximum atomic E-state index is 14.0. The highest BCUT2D eigenvalue weighted by Gasteiger charge is 2.23. The second-order valence-electron chi connectivity index (χ2n) is 10.7. The Morgan fingerprint density at radius 2 is 1.81 bits per heavy atom. The van der Waals surface area contributed by atoms with Crippen molar-refractivity contribution in [2.45, 2.75) is 53.3 Å². The Hall–Kier alpha value is -5.05. The van der Waals surface area contributed by atoms with Crippen molar-refractivity contribution in [1.29, 1.82) is 0 Å². The summed E-state index contributed by atoms with van der Waals surface area (Å²) in [7, 11) is 0. The van der Waals surface area contributed by atoms with Gasteiger partial charge in [0.2, 0.25) is 5.91 Å². The van der Waals surface area contributed by atoms with Crippen molar-refractivity contribution >= 4 is 28.2 Å². The average molecular weight is 579 g/mol. The van der Waals surface area contributed by atoms with Crippen LogP contribution in [0.15, 0.2) is 79.0 Å². The van der Waals surface area contributed by atoms with Gasteiger partial charge in [0.1, 0.15) is 11.9 Å². The number of hydrogen-bond acceptors (Lipinski definition) is 7. The third kappa shape index (κ3) is 6.72. The number of para-hydroxylation sites is 1. The number of hydrogen-bond donors (Lipinski definition) is 3. The number of ether oxygens (including phenoxy) is 2. The number of nitrogen functional groups attached to an aromatic ring is 1. The molecule has 9 nitrogen and oxygen atoms in total. The molecule has 222 valence electrons. The molecule has 0 saturated carbocycles. The first-order valence-corrected chi connectivity index (χ1v) is 14.5. The van der Waals surface area contributed by atoms with E-state index in [4.69, 9.17) is 15.2 Å². The molecular formula is C34H38N6O3. The quantitative estimate of drug-likeness (QED) is 0.169. The van der Waals surface area contributed by atoms with Crippen LogP contribution in [-0.4, -0.2) is 33.4 Å². The molecule has 2 heterocycles. The molecule has 9 heteroatoms. The van der Waals surface area contributed by atoms with E-state index in [1.54, 1.807) is 6.20 Å². The summed E-state index contributed by atoms with van der Waals surface area (Å²) in [6.07, 6.45) is 1.65. The molecule has 1 unspecified atom stereocenters. The Bertz CT molecular complexity index is 1750. The zero-order valence-corrected chi connectivity index (χ0v) is 25.2. The van der Waals surface area contributed by atoms with Crippen LogP contribution in [0.3, 0.4) is 0 Å². The van der Waals surface area contributed by atoms with Gasteiger partial charge in [-0.3, -0.25) is 4.79 Å². The number of aryl methyl sites for hydroxylation is 2. The number of nitrogens with zero attached hydrogens (tertiary/aromatic N) is 3. The van der Waals surface area contributed by atoms with Crippen LogP contribution in [0, 0.1) is 13.8 Å². The molecular weight excluding hydrogens is 540 g/mol. The predicted molar refractivity (Wildman–Crippen MR) is 171 cm³/mol. The molecule has 0 bridgehead atoms. The van der Waals surface area contributed by atoms with Gasteiger partial charge in [-0.25, -0.2) is 9.67 Å². The van der Waals surface area contributed by atoms with Crippen molar-refractivity contribution in [2.24, 2.45) is 0 Å². The van der Waals surface area contributed by atoms with E-state index in [0.717, 1.165) is 44.7 Å². The number of amides is 1. The number of aromatic nitrogens is 3. The number of carbonyl (C=O) groups is 1. The summed E-state index contributed by atoms with van der Waals surface area (Å²) in [4.78, 5) is 18.2. The van der Waals surface area contributed by atoms with Gasteiger partial charge in [-0.15, -0.1) is 0 Å². The lowest BCUT2D eigenvalue weighted by atomic mass is 10.0. The Labute approximate surface area is 252 Å². The van der Waals surface area contributed by atoms with Gasteiger partial charge in [0.25, 0.3) is 0 Å². The largest absolute Gasteiger partial charge is 0.490 e. The number of fused-ring (bicyclic) bond motifs is 1. The van der Waals surface area contributed by atoms with Crippen LogP contribution in [0.25, 0.3) is 16.5 Å². The molecule has 0 aliphatic rings. The molecule has 0 fully saturated rings. The molecule has 3 aromatic carbocycles. The van der Waals surface area contributed by atoms with Crippen LogP contribution in [0.5, 0.6) is 11.5 Å². The zero-order chi connectivity index (χ0) is 30.5. The minimum Gasteiger partial charge on any atom is -0.490 e. The van der Waals surface area contributed by atoms with Gasteiger partial charge in [-0.2, -0.15) is 5.10 Å². The lowest BCUT2D eigenvalue weighted by Gasteiger charge is -2.23. The molecule has 0 spiro atoms. The van der Waals surface area contributed by atoms with Crippen LogP contribution in [0.1, 0.15) is 49.3 Å². The van der Waals surface area contributed by atoms with E-state index in [1.165, 1.54) is 0 Å². The molecule has 5 aromatic rings. The molecule has 5 rings (SSSR count). The van der Waals surface area contributed by atoms with E-state index < -0.39 is 6.04 Å². The normalized spacial score (nSPS) is 11.9. The van der Waals surface area contributed by atoms with E-state index in [9.17, 15) is 4.79 Å². The lowest BCUT2D eigenvalue weighted by molar-refractivity contribution is -0.122. The second-order valence-corrected chi connectivity index (χ2v) is 10.7. The van der Waals surface area contributed by atoms with E-state index in [1.807, 2.05) is 112 Å². The van der Waals surface area contributed by atoms with Crippen molar-refractivity contribution in [1.82, 2.24) is 20.1 Å². The minimum absolute atomic E-state index is 0.0240. The molecule has 1 atom stereocenters. The Kier molecular flexibility index (Phi) is 8.80. The number of pyridine rings is 1. The molecule has 0 aliphatic carbocycles. The van der Waals surface area contributed by atoms with Gasteiger partial charge >= 0.3 is 0 Å². The number of rotatable bonds is 11. The summed E-state index contributed by atoms with van der Waals surface area (Å²) in [5.74, 6) is 1.48. The summed E-state index contributed by atoms with van der Waals surface area (Å²) >= 11 is 0. The summed E-state index contributed by atoms with van der Waals surface area (Å²) in [6.45, 7) is 10.6. The van der Waals surface area contributed by atoms with Gasteiger partial charge in [0, 0.05) is 29.5 Å². The highest BCUT2D eigenvalue weighted by atomic mass is 16.5. The molecule has 2 aromatic heterocycles. The van der Waals surface area contributed by atoms with Crippen molar-refractivity contribution < 1.29 is 14.3 Å². The second kappa shape index (κ2) is 12.9. The average Bonchev–Trinajstić information content (AvgIpc) is 3.33. The van der Waals surface area contributed by atoms with Gasteiger partial charge in [0.05, 0.1) is 24.1 Å². The van der Waals surface area contributed by atoms with Gasteiger partial charge in [-0.1, -0.05) is 24.3 Å². The van der Waals surface area contributed by atoms with Crippen LogP contribution in [0.4, 0.5) is 11.5 Å². The third-order valence-corrected chi connectivity index (χ3v) is 7.01. The fourth-order valence-electron chi connectivity index (χ4n) is 5.11. The van der Waals surface area contributed by atoms with Crippen molar-refractivity contribution in [3.63, 3.8) is 0 Å². The standard InChI is InChI=1S/C34H38N6O3/c1-6-42-31-19-25(11-14-30(31)43-21(2)3)32(38-27-12-13-28-24(18-27)15-16-36-33(28)35)34(41)37-20-26-9-7-8-10-29(26)40-23(5)17-22(4)39-40/h7-19,21,32,38H,6,20H2,1-5H3,(H2,35,36)(H,37,41). The Morgan fingerprint density at radius 1 is 1.00 bits per heavy atom. The van der Waals surface area contributed by atoms with E-state index >= 15 is 0 Å². The van der Waals surface area contributed by atoms with E-state index in [-0.39, 0.29) is 12.0 Å². The zero-order valence-electron chi connectivity index (χ0n) is 25.2. The molecule has 0 aliphatic heterocycles. The maximum absolute atomic E-state index is 14.0. The Balaban J connectivity index is 1.48. The fourth-order valence-corrected chi connectivity index (χ4v) is 5.11. The number of anilines is 2. The number of nitrogens with one attached hydrogen (secondary N) is 2. The Morgan fingerprint density at radius 3 is 2.56 bits per heavy atom. The highest BCUT2D eigenvalue weighted by molar-refractivity contribution is 5.94. The van der Waals surface area contributed by atoms with Crippen molar-refractivity contribution in [2.75, 3.05) is 17.7 Å². The van der Waals surface area contributed by atoms with Crippen LogP contribution in [0.2, 0.25) is 0 Å². The predicted octanol–water partition coefficient (Wildman–Crippen LogP) is 6.28. The van der Waals surface area contributed by atoms with Crippen LogP contribution >= 0.6 is 0 Å². The van der Waals surface area contributed by atoms with Crippen LogP contribution < -0.4 is 25.8 Å². The summed E-state index contributed by atoms with van der Waals surface area (Å²) < 4.78 is 13.8. The first kappa shape index (κ1) is 29.4. The molecule has 0 saturated heterocycles. The number of benzene rings is 3. The third-order valence-electron chi connectivity index (χ3n) is 7.01. The topological polar surface area (TPSA) is 116 Å². The van der Waals surface area contributed by atoms with Crippen molar-refractivity contribution in [3.05, 3.63) is 102 Å². The summed E-state index contributed by atoms with van der Waals surface area (Å²) in [6, 6.07) is 22.5. The van der Waals surface area contributed by atoms with Crippen molar-refractivity contribution in [3.8, 4) is 17.2 Å². The van der Waals surface area contributed by atoms with Crippen LogP contribution in [-0.2, 0) is 11.3 Å². The van der Waals surface area contributed by atoms with Gasteiger partial charge in [0.15, 0.2) is 11.5 Å². The molecule has 4 N–H and O–H groups in total. The lowest BCUT2D eigenvalue weighted by Crippen LogP contribution is -2.33. The summed E-state index contributed by atoms with van der Waals surface area (Å²) in [5, 5.41) is 13.0.